The van der Waals surface area contributed by atoms with E-state index in [2.05, 4.69) is 30.6 Å². The van der Waals surface area contributed by atoms with Gasteiger partial charge in [-0.2, -0.15) is 0 Å². The lowest BCUT2D eigenvalue weighted by Gasteiger charge is -2.24. The Balaban J connectivity index is 2.19. The second-order valence-corrected chi connectivity index (χ2v) is 4.39. The first-order valence-corrected chi connectivity index (χ1v) is 5.83. The maximum atomic E-state index is 3.82. The molecule has 0 heterocycles. The fourth-order valence-corrected chi connectivity index (χ4v) is 1.83. The Morgan fingerprint density at radius 2 is 2.29 bits per heavy atom. The third-order valence-electron chi connectivity index (χ3n) is 2.72. The lowest BCUT2D eigenvalue weighted by Crippen LogP contribution is -2.34. The van der Waals surface area contributed by atoms with E-state index in [9.17, 15) is 0 Å². The van der Waals surface area contributed by atoms with Crippen LogP contribution in [-0.2, 0) is 0 Å². The fourth-order valence-electron chi connectivity index (χ4n) is 1.83. The van der Waals surface area contributed by atoms with Gasteiger partial charge in [0.2, 0.25) is 0 Å². The first-order valence-electron chi connectivity index (χ1n) is 5.83. The Bertz CT molecular complexity index is 164. The average molecular weight is 196 g/mol. The zero-order chi connectivity index (χ0) is 10.4. The van der Waals surface area contributed by atoms with Crippen LogP contribution in [0.1, 0.15) is 26.7 Å². The topological polar surface area (TPSA) is 15.3 Å². The summed E-state index contributed by atoms with van der Waals surface area (Å²) in [6.07, 6.45) is 4.81. The summed E-state index contributed by atoms with van der Waals surface area (Å²) in [7, 11) is 0. The van der Waals surface area contributed by atoms with E-state index in [-0.39, 0.29) is 0 Å². The van der Waals surface area contributed by atoms with Crippen molar-refractivity contribution in [1.82, 2.24) is 10.2 Å². The molecule has 0 bridgehead atoms. The molecule has 82 valence electrons. The van der Waals surface area contributed by atoms with E-state index >= 15 is 0 Å². The van der Waals surface area contributed by atoms with Crippen molar-refractivity contribution < 1.29 is 0 Å². The van der Waals surface area contributed by atoms with Crippen molar-refractivity contribution in [3.63, 3.8) is 0 Å². The first-order chi connectivity index (χ1) is 6.77. The molecular weight excluding hydrogens is 172 g/mol. The van der Waals surface area contributed by atoms with Crippen molar-refractivity contribution >= 4 is 0 Å². The van der Waals surface area contributed by atoms with Crippen LogP contribution in [0.15, 0.2) is 12.7 Å². The molecule has 0 aliphatic heterocycles. The smallest absolute Gasteiger partial charge is 0.0163 e. The van der Waals surface area contributed by atoms with Crippen molar-refractivity contribution in [2.75, 3.05) is 26.2 Å². The van der Waals surface area contributed by atoms with Crippen LogP contribution in [0.3, 0.4) is 0 Å². The van der Waals surface area contributed by atoms with Crippen LogP contribution >= 0.6 is 0 Å². The Morgan fingerprint density at radius 3 is 2.79 bits per heavy atom. The highest BCUT2D eigenvalue weighted by molar-refractivity contribution is 4.88. The van der Waals surface area contributed by atoms with E-state index in [0.29, 0.717) is 0 Å². The zero-order valence-corrected chi connectivity index (χ0v) is 9.63. The molecule has 1 unspecified atom stereocenters. The van der Waals surface area contributed by atoms with Gasteiger partial charge in [0.05, 0.1) is 0 Å². The van der Waals surface area contributed by atoms with Gasteiger partial charge in [-0.1, -0.05) is 19.9 Å². The predicted octanol–water partition coefficient (Wildman–Crippen LogP) is 1.88. The van der Waals surface area contributed by atoms with Gasteiger partial charge in [-0.15, -0.1) is 6.58 Å². The summed E-state index contributed by atoms with van der Waals surface area (Å²) in [5, 5.41) is 3.40. The van der Waals surface area contributed by atoms with E-state index in [4.69, 9.17) is 0 Å². The van der Waals surface area contributed by atoms with E-state index in [1.807, 2.05) is 6.08 Å². The normalized spacial score (nSPS) is 18.5. The second-order valence-electron chi connectivity index (χ2n) is 4.39. The summed E-state index contributed by atoms with van der Waals surface area (Å²) in [5.41, 5.74) is 0. The van der Waals surface area contributed by atoms with Crippen LogP contribution < -0.4 is 5.32 Å². The first kappa shape index (κ1) is 11.7. The van der Waals surface area contributed by atoms with Crippen molar-refractivity contribution in [3.8, 4) is 0 Å². The second kappa shape index (κ2) is 6.20. The minimum Gasteiger partial charge on any atom is -0.317 e. The summed E-state index contributed by atoms with van der Waals surface area (Å²) < 4.78 is 0. The lowest BCUT2D eigenvalue weighted by atomic mass is 10.1. The molecule has 0 radical (unpaired) electrons. The van der Waals surface area contributed by atoms with Crippen LogP contribution in [0.25, 0.3) is 0 Å². The maximum absolute atomic E-state index is 3.82. The van der Waals surface area contributed by atoms with E-state index < -0.39 is 0 Å². The average Bonchev–Trinajstić information content (AvgIpc) is 2.97. The molecule has 1 atom stereocenters. The molecule has 0 aromatic rings. The Morgan fingerprint density at radius 1 is 1.57 bits per heavy atom. The highest BCUT2D eigenvalue weighted by Gasteiger charge is 2.28. The third kappa shape index (κ3) is 4.25. The number of nitrogens with one attached hydrogen (secondary N) is 1. The minimum absolute atomic E-state index is 0.746. The molecule has 0 aromatic heterocycles. The molecular formula is C12H24N2. The van der Waals surface area contributed by atoms with E-state index in [1.54, 1.807) is 0 Å². The Kier molecular flexibility index (Phi) is 5.20. The quantitative estimate of drug-likeness (QED) is 0.596. The molecule has 1 aliphatic carbocycles. The predicted molar refractivity (Wildman–Crippen MR) is 62.5 cm³/mol. The Labute approximate surface area is 88.4 Å². The monoisotopic (exact) mass is 196 g/mol. The molecule has 1 fully saturated rings. The van der Waals surface area contributed by atoms with E-state index in [0.717, 1.165) is 31.6 Å². The van der Waals surface area contributed by atoms with Gasteiger partial charge >= 0.3 is 0 Å². The number of hydrogen-bond acceptors (Lipinski definition) is 2. The van der Waals surface area contributed by atoms with Gasteiger partial charge in [-0.25, -0.2) is 0 Å². The molecule has 2 heteroatoms. The fraction of sp³-hybridized carbons (Fsp3) is 0.833. The van der Waals surface area contributed by atoms with Gasteiger partial charge in [-0.05, 0) is 31.8 Å². The molecule has 0 saturated heterocycles. The minimum atomic E-state index is 0.746. The van der Waals surface area contributed by atoms with Crippen molar-refractivity contribution in [3.05, 3.63) is 12.7 Å². The lowest BCUT2D eigenvalue weighted by molar-refractivity contribution is 0.248. The SMILES string of the molecule is C=CCN(CC(C)CNCC)C1CC1. The van der Waals surface area contributed by atoms with Gasteiger partial charge in [0.25, 0.3) is 0 Å². The molecule has 1 rings (SSSR count). The van der Waals surface area contributed by atoms with Crippen LogP contribution in [-0.4, -0.2) is 37.1 Å². The van der Waals surface area contributed by atoms with Crippen molar-refractivity contribution in [1.29, 1.82) is 0 Å². The van der Waals surface area contributed by atoms with Crippen LogP contribution in [0.2, 0.25) is 0 Å². The summed E-state index contributed by atoms with van der Waals surface area (Å²) >= 11 is 0. The molecule has 0 amide bonds. The molecule has 14 heavy (non-hydrogen) atoms. The van der Waals surface area contributed by atoms with Crippen molar-refractivity contribution in [2.24, 2.45) is 5.92 Å². The standard InChI is InChI=1S/C12H24N2/c1-4-8-14(12-6-7-12)10-11(3)9-13-5-2/h4,11-13H,1,5-10H2,2-3H3. The molecule has 0 spiro atoms. The Hall–Kier alpha value is -0.340. The van der Waals surface area contributed by atoms with Gasteiger partial charge in [0.15, 0.2) is 0 Å². The van der Waals surface area contributed by atoms with Crippen LogP contribution in [0.5, 0.6) is 0 Å². The largest absolute Gasteiger partial charge is 0.317 e. The summed E-state index contributed by atoms with van der Waals surface area (Å²) in [6, 6.07) is 0.858. The van der Waals surface area contributed by atoms with Gasteiger partial charge in [0, 0.05) is 19.1 Å². The molecule has 1 saturated carbocycles. The molecule has 1 aliphatic rings. The third-order valence-corrected chi connectivity index (χ3v) is 2.72. The van der Waals surface area contributed by atoms with E-state index in [1.165, 1.54) is 19.4 Å². The van der Waals surface area contributed by atoms with Gasteiger partial charge in [0.1, 0.15) is 0 Å². The van der Waals surface area contributed by atoms with Crippen LogP contribution in [0.4, 0.5) is 0 Å². The molecule has 0 aromatic carbocycles. The molecule has 1 N–H and O–H groups in total. The number of nitrogens with zero attached hydrogens (tertiary/aromatic N) is 1. The number of hydrogen-bond donors (Lipinski definition) is 1. The highest BCUT2D eigenvalue weighted by Crippen LogP contribution is 2.27. The summed E-state index contributed by atoms with van der Waals surface area (Å²) in [5.74, 6) is 0.746. The molecule has 2 nitrogen and oxygen atoms in total. The summed E-state index contributed by atoms with van der Waals surface area (Å²) in [4.78, 5) is 2.56. The summed E-state index contributed by atoms with van der Waals surface area (Å²) in [6.45, 7) is 12.8. The van der Waals surface area contributed by atoms with Gasteiger partial charge < -0.3 is 5.32 Å². The number of rotatable bonds is 8. The maximum Gasteiger partial charge on any atom is 0.0163 e. The highest BCUT2D eigenvalue weighted by atomic mass is 15.2. The van der Waals surface area contributed by atoms with Crippen LogP contribution in [0, 0.1) is 5.92 Å². The van der Waals surface area contributed by atoms with Crippen molar-refractivity contribution in [2.45, 2.75) is 32.7 Å². The van der Waals surface area contributed by atoms with Gasteiger partial charge in [-0.3, -0.25) is 4.90 Å². The zero-order valence-electron chi connectivity index (χ0n) is 9.63.